The van der Waals surface area contributed by atoms with Crippen LogP contribution in [0.5, 0.6) is 5.75 Å². The zero-order chi connectivity index (χ0) is 12.5. The van der Waals surface area contributed by atoms with Gasteiger partial charge in [0.05, 0.1) is 6.61 Å². The molecule has 3 N–H and O–H groups in total. The van der Waals surface area contributed by atoms with E-state index < -0.39 is 0 Å². The Labute approximate surface area is 100 Å². The van der Waals surface area contributed by atoms with Crippen molar-refractivity contribution in [2.45, 2.75) is 6.42 Å². The van der Waals surface area contributed by atoms with E-state index in [4.69, 9.17) is 14.9 Å². The van der Waals surface area contributed by atoms with Gasteiger partial charge < -0.3 is 20.3 Å². The summed E-state index contributed by atoms with van der Waals surface area (Å²) in [6.45, 7) is 0.0762. The number of aliphatic hydroxyl groups excluding tert-OH is 2. The fourth-order valence-electron chi connectivity index (χ4n) is 1.36. The van der Waals surface area contributed by atoms with Crippen LogP contribution < -0.4 is 10.1 Å². The summed E-state index contributed by atoms with van der Waals surface area (Å²) in [5, 5.41) is 19.9. The van der Waals surface area contributed by atoms with E-state index in [1.807, 2.05) is 18.2 Å². The van der Waals surface area contributed by atoms with Gasteiger partial charge in [0.1, 0.15) is 5.75 Å². The van der Waals surface area contributed by atoms with Gasteiger partial charge in [0.25, 0.3) is 5.91 Å². The average Bonchev–Trinajstić information content (AvgIpc) is 2.35. The maximum Gasteiger partial charge on any atom is 0.258 e. The summed E-state index contributed by atoms with van der Waals surface area (Å²) in [4.78, 5) is 11.2. The summed E-state index contributed by atoms with van der Waals surface area (Å²) in [5.41, 5.74) is 0.866. The number of aliphatic hydroxyl groups is 2. The van der Waals surface area contributed by atoms with Gasteiger partial charge in [-0.15, -0.1) is 0 Å². The quantitative estimate of drug-likeness (QED) is 0.611. The lowest BCUT2D eigenvalue weighted by Gasteiger charge is -2.10. The van der Waals surface area contributed by atoms with E-state index in [0.717, 1.165) is 5.56 Å². The molecule has 0 saturated heterocycles. The van der Waals surface area contributed by atoms with Gasteiger partial charge >= 0.3 is 0 Å². The second-order valence-corrected chi connectivity index (χ2v) is 3.44. The number of hydrogen-bond acceptors (Lipinski definition) is 4. The van der Waals surface area contributed by atoms with Crippen LogP contribution in [0.2, 0.25) is 0 Å². The van der Waals surface area contributed by atoms with Crippen LogP contribution in [0, 0.1) is 0 Å². The van der Waals surface area contributed by atoms with Gasteiger partial charge in [-0.05, 0) is 18.1 Å². The first-order valence-corrected chi connectivity index (χ1v) is 5.47. The highest BCUT2D eigenvalue weighted by molar-refractivity contribution is 5.77. The lowest BCUT2D eigenvalue weighted by Crippen LogP contribution is -2.31. The zero-order valence-corrected chi connectivity index (χ0v) is 9.56. The Morgan fingerprint density at radius 3 is 2.71 bits per heavy atom. The fourth-order valence-corrected chi connectivity index (χ4v) is 1.36. The number of carbonyl (C=O) groups excluding carboxylic acids is 1. The topological polar surface area (TPSA) is 78.8 Å². The van der Waals surface area contributed by atoms with E-state index in [0.29, 0.717) is 12.2 Å². The molecule has 0 bridgehead atoms. The normalized spacial score (nSPS) is 10.0. The Morgan fingerprint density at radius 1 is 1.24 bits per heavy atom. The van der Waals surface area contributed by atoms with Crippen molar-refractivity contribution in [2.75, 3.05) is 26.4 Å². The van der Waals surface area contributed by atoms with Gasteiger partial charge in [0, 0.05) is 13.2 Å². The minimum absolute atomic E-state index is 0.0388. The van der Waals surface area contributed by atoms with Crippen LogP contribution in [0.4, 0.5) is 0 Å². The molecule has 0 saturated carbocycles. The van der Waals surface area contributed by atoms with Gasteiger partial charge in [0.15, 0.2) is 6.61 Å². The summed E-state index contributed by atoms with van der Waals surface area (Å²) in [5.74, 6) is 0.318. The second-order valence-electron chi connectivity index (χ2n) is 3.44. The summed E-state index contributed by atoms with van der Waals surface area (Å²) >= 11 is 0. The number of hydrogen-bond donors (Lipinski definition) is 3. The third kappa shape index (κ3) is 4.84. The molecular formula is C12H17NO4. The van der Waals surface area contributed by atoms with Gasteiger partial charge in [-0.2, -0.15) is 0 Å². The largest absolute Gasteiger partial charge is 0.483 e. The summed E-state index contributed by atoms with van der Waals surface area (Å²) < 4.78 is 5.34. The number of ether oxygens (including phenoxy) is 1. The van der Waals surface area contributed by atoms with Gasteiger partial charge in [-0.25, -0.2) is 0 Å². The number of amides is 1. The van der Waals surface area contributed by atoms with Crippen molar-refractivity contribution in [1.29, 1.82) is 0 Å². The third-order valence-electron chi connectivity index (χ3n) is 2.15. The molecule has 1 amide bonds. The molecule has 5 heteroatoms. The number of para-hydroxylation sites is 1. The SMILES string of the molecule is O=C(COc1ccccc1CCO)NCCO. The Hall–Kier alpha value is -1.59. The molecule has 17 heavy (non-hydrogen) atoms. The van der Waals surface area contributed by atoms with Crippen LogP contribution in [0.3, 0.4) is 0 Å². The van der Waals surface area contributed by atoms with Crippen molar-refractivity contribution < 1.29 is 19.7 Å². The number of rotatable bonds is 7. The Bertz CT molecular complexity index is 354. The van der Waals surface area contributed by atoms with Crippen molar-refractivity contribution in [3.63, 3.8) is 0 Å². The first-order valence-electron chi connectivity index (χ1n) is 5.47. The van der Waals surface area contributed by atoms with Crippen molar-refractivity contribution in [2.24, 2.45) is 0 Å². The minimum atomic E-state index is -0.280. The third-order valence-corrected chi connectivity index (χ3v) is 2.15. The highest BCUT2D eigenvalue weighted by Gasteiger charge is 2.05. The molecular weight excluding hydrogens is 222 g/mol. The molecule has 0 atom stereocenters. The molecule has 0 unspecified atom stereocenters. The number of nitrogens with one attached hydrogen (secondary N) is 1. The van der Waals surface area contributed by atoms with Crippen LogP contribution in [0.25, 0.3) is 0 Å². The van der Waals surface area contributed by atoms with Crippen molar-refractivity contribution in [1.82, 2.24) is 5.32 Å². The molecule has 5 nitrogen and oxygen atoms in total. The molecule has 0 heterocycles. The van der Waals surface area contributed by atoms with Crippen molar-refractivity contribution >= 4 is 5.91 Å². The van der Waals surface area contributed by atoms with E-state index in [1.54, 1.807) is 6.07 Å². The predicted molar refractivity (Wildman–Crippen MR) is 62.8 cm³/mol. The minimum Gasteiger partial charge on any atom is -0.483 e. The maximum absolute atomic E-state index is 11.2. The Kier molecular flexibility index (Phi) is 6.06. The molecule has 1 aromatic carbocycles. The van der Waals surface area contributed by atoms with Crippen LogP contribution in [-0.4, -0.2) is 42.5 Å². The summed E-state index contributed by atoms with van der Waals surface area (Å²) in [7, 11) is 0. The number of benzene rings is 1. The van der Waals surface area contributed by atoms with Crippen LogP contribution in [-0.2, 0) is 11.2 Å². The molecule has 0 aliphatic heterocycles. The van der Waals surface area contributed by atoms with Crippen LogP contribution in [0.1, 0.15) is 5.56 Å². The molecule has 0 fully saturated rings. The van der Waals surface area contributed by atoms with E-state index in [-0.39, 0.29) is 32.3 Å². The van der Waals surface area contributed by atoms with E-state index in [2.05, 4.69) is 5.32 Å². The molecule has 1 rings (SSSR count). The summed E-state index contributed by atoms with van der Waals surface area (Å²) in [6, 6.07) is 7.26. The van der Waals surface area contributed by atoms with E-state index in [1.165, 1.54) is 0 Å². The monoisotopic (exact) mass is 239 g/mol. The molecule has 0 aromatic heterocycles. The average molecular weight is 239 g/mol. The highest BCUT2D eigenvalue weighted by atomic mass is 16.5. The van der Waals surface area contributed by atoms with Crippen LogP contribution in [0.15, 0.2) is 24.3 Å². The zero-order valence-electron chi connectivity index (χ0n) is 9.56. The summed E-state index contributed by atoms with van der Waals surface area (Å²) in [6.07, 6.45) is 0.494. The predicted octanol–water partition coefficient (Wildman–Crippen LogP) is -0.291. The molecule has 0 radical (unpaired) electrons. The van der Waals surface area contributed by atoms with Crippen molar-refractivity contribution in [3.8, 4) is 5.75 Å². The smallest absolute Gasteiger partial charge is 0.258 e. The Morgan fingerprint density at radius 2 is 2.00 bits per heavy atom. The highest BCUT2D eigenvalue weighted by Crippen LogP contribution is 2.17. The van der Waals surface area contributed by atoms with Crippen LogP contribution >= 0.6 is 0 Å². The second kappa shape index (κ2) is 7.65. The molecule has 0 aliphatic rings. The van der Waals surface area contributed by atoms with Gasteiger partial charge in [-0.1, -0.05) is 18.2 Å². The van der Waals surface area contributed by atoms with Gasteiger partial charge in [0.2, 0.25) is 0 Å². The Balaban J connectivity index is 2.47. The lowest BCUT2D eigenvalue weighted by molar-refractivity contribution is -0.123. The molecule has 94 valence electrons. The van der Waals surface area contributed by atoms with E-state index >= 15 is 0 Å². The molecule has 1 aromatic rings. The van der Waals surface area contributed by atoms with Crippen molar-refractivity contribution in [3.05, 3.63) is 29.8 Å². The van der Waals surface area contributed by atoms with E-state index in [9.17, 15) is 4.79 Å². The maximum atomic E-state index is 11.2. The number of carbonyl (C=O) groups is 1. The lowest BCUT2D eigenvalue weighted by atomic mass is 10.1. The molecule has 0 spiro atoms. The van der Waals surface area contributed by atoms with Gasteiger partial charge in [-0.3, -0.25) is 4.79 Å². The first-order chi connectivity index (χ1) is 8.27. The standard InChI is InChI=1S/C12H17NO4/c14-7-5-10-3-1-2-4-11(10)17-9-12(16)13-6-8-15/h1-4,14-15H,5-9H2,(H,13,16). The first kappa shape index (κ1) is 13.5. The fraction of sp³-hybridized carbons (Fsp3) is 0.417. The molecule has 0 aliphatic carbocycles.